The summed E-state index contributed by atoms with van der Waals surface area (Å²) in [4.78, 5) is 52.8. The van der Waals surface area contributed by atoms with Crippen LogP contribution in [0.4, 0.5) is 16.2 Å². The molecule has 0 saturated heterocycles. The molecule has 0 aliphatic rings. The second-order valence-electron chi connectivity index (χ2n) is 10.3. The smallest absolute Gasteiger partial charge is 0.323 e. The quantitative estimate of drug-likeness (QED) is 0.154. The predicted molar refractivity (Wildman–Crippen MR) is 172 cm³/mol. The van der Waals surface area contributed by atoms with E-state index in [1.54, 1.807) is 69.7 Å². The van der Waals surface area contributed by atoms with Gasteiger partial charge in [0.1, 0.15) is 5.75 Å². The molecule has 0 heterocycles. The Morgan fingerprint density at radius 3 is 2.24 bits per heavy atom. The molecule has 11 heteroatoms. The Hall–Kier alpha value is -4.90. The zero-order valence-electron chi connectivity index (χ0n) is 26.3. The summed E-state index contributed by atoms with van der Waals surface area (Å²) in [5.41, 5.74) is 3.66. The van der Waals surface area contributed by atoms with Crippen molar-refractivity contribution in [2.75, 3.05) is 51.2 Å². The number of esters is 1. The molecule has 0 spiro atoms. The lowest BCUT2D eigenvalue weighted by Gasteiger charge is -2.25. The molecule has 1 atom stereocenters. The highest BCUT2D eigenvalue weighted by Gasteiger charge is 2.23. The predicted octanol–water partition coefficient (Wildman–Crippen LogP) is 4.87. The van der Waals surface area contributed by atoms with Crippen molar-refractivity contribution in [1.29, 1.82) is 0 Å². The number of aryl methyl sites for hydroxylation is 1. The van der Waals surface area contributed by atoms with Crippen molar-refractivity contribution < 1.29 is 33.4 Å². The zero-order valence-corrected chi connectivity index (χ0v) is 26.3. The van der Waals surface area contributed by atoms with Crippen molar-refractivity contribution in [1.82, 2.24) is 10.2 Å². The van der Waals surface area contributed by atoms with Crippen molar-refractivity contribution >= 4 is 35.2 Å². The third-order valence-corrected chi connectivity index (χ3v) is 6.95. The van der Waals surface area contributed by atoms with E-state index in [-0.39, 0.29) is 37.9 Å². The van der Waals surface area contributed by atoms with E-state index < -0.39 is 17.9 Å². The topological polar surface area (TPSA) is 135 Å². The Bertz CT molecular complexity index is 1410. The first-order valence-corrected chi connectivity index (χ1v) is 14.8. The molecule has 3 aromatic carbocycles. The second kappa shape index (κ2) is 18.0. The molecule has 0 saturated carbocycles. The van der Waals surface area contributed by atoms with Crippen LogP contribution in [0.15, 0.2) is 72.8 Å². The van der Waals surface area contributed by atoms with E-state index >= 15 is 0 Å². The van der Waals surface area contributed by atoms with Crippen LogP contribution in [0.1, 0.15) is 42.5 Å². The standard InChI is InChI=1S/C34H42N4O7/c1-5-45-33(41)22-30(26-13-17-28(44-4)18-14-26)36-31(39)23-38(19-8-20-43-3)32(40)21-25-11-15-27(16-12-25)35-34(42)37-29-10-7-6-9-24(29)2/h6-7,9-18,30H,5,8,19-23H2,1-4H3,(H,36,39)(H2,35,37,42)/t30-/m0/s1. The molecule has 0 unspecified atom stereocenters. The average molecular weight is 619 g/mol. The number of carbonyl (C=O) groups excluding carboxylic acids is 4. The van der Waals surface area contributed by atoms with Crippen molar-refractivity contribution in [3.8, 4) is 5.75 Å². The SMILES string of the molecule is CCOC(=O)C[C@H](NC(=O)CN(CCCOC)C(=O)Cc1ccc(NC(=O)Nc2ccccc2C)cc1)c1ccc(OC)cc1. The van der Waals surface area contributed by atoms with Gasteiger partial charge in [0, 0.05) is 31.6 Å². The summed E-state index contributed by atoms with van der Waals surface area (Å²) in [6.45, 7) is 4.39. The largest absolute Gasteiger partial charge is 0.497 e. The number of hydrogen-bond acceptors (Lipinski definition) is 7. The van der Waals surface area contributed by atoms with E-state index in [1.165, 1.54) is 4.90 Å². The molecule has 3 rings (SSSR count). The van der Waals surface area contributed by atoms with Crippen LogP contribution in [0.5, 0.6) is 5.75 Å². The molecule has 4 amide bonds. The van der Waals surface area contributed by atoms with Gasteiger partial charge in [0.25, 0.3) is 0 Å². The van der Waals surface area contributed by atoms with Gasteiger partial charge in [-0.25, -0.2) is 4.79 Å². The average Bonchev–Trinajstić information content (AvgIpc) is 3.02. The summed E-state index contributed by atoms with van der Waals surface area (Å²) in [7, 11) is 3.13. The highest BCUT2D eigenvalue weighted by atomic mass is 16.5. The molecular formula is C34H42N4O7. The summed E-state index contributed by atoms with van der Waals surface area (Å²) in [6.07, 6.45) is 0.534. The Morgan fingerprint density at radius 1 is 0.889 bits per heavy atom. The Kier molecular flexibility index (Phi) is 13.9. The van der Waals surface area contributed by atoms with Gasteiger partial charge in [-0.3, -0.25) is 14.4 Å². The third kappa shape index (κ3) is 11.6. The van der Waals surface area contributed by atoms with Crippen molar-refractivity contribution in [3.05, 3.63) is 89.5 Å². The molecule has 0 bridgehead atoms. The summed E-state index contributed by atoms with van der Waals surface area (Å²) in [5.74, 6) is -0.461. The number of methoxy groups -OCH3 is 2. The normalized spacial score (nSPS) is 11.2. The summed E-state index contributed by atoms with van der Waals surface area (Å²) in [5, 5.41) is 8.50. The molecule has 11 nitrogen and oxygen atoms in total. The molecule has 3 aromatic rings. The molecule has 0 aliphatic heterocycles. The number of nitrogens with zero attached hydrogens (tertiary/aromatic N) is 1. The van der Waals surface area contributed by atoms with E-state index in [2.05, 4.69) is 16.0 Å². The maximum atomic E-state index is 13.4. The fraction of sp³-hybridized carbons (Fsp3) is 0.353. The fourth-order valence-electron chi connectivity index (χ4n) is 4.57. The minimum Gasteiger partial charge on any atom is -0.497 e. The first-order valence-electron chi connectivity index (χ1n) is 14.8. The van der Waals surface area contributed by atoms with Crippen LogP contribution >= 0.6 is 0 Å². The van der Waals surface area contributed by atoms with Gasteiger partial charge in [0.05, 0.1) is 39.1 Å². The van der Waals surface area contributed by atoms with E-state index in [0.717, 1.165) is 11.1 Å². The van der Waals surface area contributed by atoms with Crippen LogP contribution in [-0.4, -0.2) is 69.2 Å². The van der Waals surface area contributed by atoms with Gasteiger partial charge in [-0.15, -0.1) is 0 Å². The van der Waals surface area contributed by atoms with E-state index in [4.69, 9.17) is 14.2 Å². The number of nitrogens with one attached hydrogen (secondary N) is 3. The van der Waals surface area contributed by atoms with E-state index in [0.29, 0.717) is 42.3 Å². The van der Waals surface area contributed by atoms with E-state index in [9.17, 15) is 19.2 Å². The Balaban J connectivity index is 1.64. The number of para-hydroxylation sites is 1. The number of rotatable bonds is 16. The van der Waals surface area contributed by atoms with Crippen molar-refractivity contribution in [2.45, 2.75) is 39.2 Å². The van der Waals surface area contributed by atoms with Crippen molar-refractivity contribution in [2.24, 2.45) is 0 Å². The van der Waals surface area contributed by atoms with Gasteiger partial charge < -0.3 is 35.1 Å². The number of anilines is 2. The number of benzene rings is 3. The van der Waals surface area contributed by atoms with Crippen LogP contribution in [0.3, 0.4) is 0 Å². The molecule has 0 fully saturated rings. The Labute approximate surface area is 264 Å². The van der Waals surface area contributed by atoms with Gasteiger partial charge in [-0.05, 0) is 67.3 Å². The van der Waals surface area contributed by atoms with Crippen LogP contribution in [-0.2, 0) is 30.3 Å². The van der Waals surface area contributed by atoms with Gasteiger partial charge in [0.15, 0.2) is 0 Å². The lowest BCUT2D eigenvalue weighted by molar-refractivity contribution is -0.144. The minimum atomic E-state index is -0.651. The third-order valence-electron chi connectivity index (χ3n) is 6.95. The fourth-order valence-corrected chi connectivity index (χ4v) is 4.57. The highest BCUT2D eigenvalue weighted by Crippen LogP contribution is 2.21. The molecule has 45 heavy (non-hydrogen) atoms. The number of urea groups is 1. The first kappa shape index (κ1) is 34.6. The van der Waals surface area contributed by atoms with Gasteiger partial charge in [0.2, 0.25) is 11.8 Å². The van der Waals surface area contributed by atoms with Crippen LogP contribution in [0, 0.1) is 6.92 Å². The number of amides is 4. The molecule has 240 valence electrons. The van der Waals surface area contributed by atoms with Gasteiger partial charge in [-0.2, -0.15) is 0 Å². The summed E-state index contributed by atoms with van der Waals surface area (Å²) < 4.78 is 15.5. The first-order chi connectivity index (χ1) is 21.7. The summed E-state index contributed by atoms with van der Waals surface area (Å²) >= 11 is 0. The lowest BCUT2D eigenvalue weighted by Crippen LogP contribution is -2.43. The lowest BCUT2D eigenvalue weighted by atomic mass is 10.0. The summed E-state index contributed by atoms with van der Waals surface area (Å²) in [6, 6.07) is 20.4. The maximum Gasteiger partial charge on any atom is 0.323 e. The van der Waals surface area contributed by atoms with Crippen LogP contribution in [0.25, 0.3) is 0 Å². The van der Waals surface area contributed by atoms with E-state index in [1.807, 2.05) is 31.2 Å². The number of hydrogen-bond donors (Lipinski definition) is 3. The minimum absolute atomic E-state index is 0.0562. The molecule has 0 aliphatic carbocycles. The number of carbonyl (C=O) groups is 4. The molecule has 0 radical (unpaired) electrons. The highest BCUT2D eigenvalue weighted by molar-refractivity contribution is 6.00. The zero-order chi connectivity index (χ0) is 32.6. The van der Waals surface area contributed by atoms with Crippen LogP contribution < -0.4 is 20.7 Å². The van der Waals surface area contributed by atoms with Crippen LogP contribution in [0.2, 0.25) is 0 Å². The molecule has 0 aromatic heterocycles. The van der Waals surface area contributed by atoms with Crippen molar-refractivity contribution in [3.63, 3.8) is 0 Å². The maximum absolute atomic E-state index is 13.4. The molecular weight excluding hydrogens is 576 g/mol. The Morgan fingerprint density at radius 2 is 1.60 bits per heavy atom. The van der Waals surface area contributed by atoms with Gasteiger partial charge in [-0.1, -0.05) is 42.5 Å². The molecule has 3 N–H and O–H groups in total. The monoisotopic (exact) mass is 618 g/mol. The number of ether oxygens (including phenoxy) is 3. The van der Waals surface area contributed by atoms with Gasteiger partial charge >= 0.3 is 12.0 Å². The second-order valence-corrected chi connectivity index (χ2v) is 10.3.